The summed E-state index contributed by atoms with van der Waals surface area (Å²) < 4.78 is 11.7. The molecular weight excluding hydrogens is 358 g/mol. The van der Waals surface area contributed by atoms with Gasteiger partial charge in [-0.15, -0.1) is 12.4 Å². The molecule has 1 aliphatic rings. The van der Waals surface area contributed by atoms with Crippen LogP contribution in [0.2, 0.25) is 0 Å². The van der Waals surface area contributed by atoms with Crippen molar-refractivity contribution in [2.24, 2.45) is 0 Å². The number of nitrogens with zero attached hydrogens (tertiary/aromatic N) is 1. The van der Waals surface area contributed by atoms with Crippen molar-refractivity contribution in [1.29, 1.82) is 0 Å². The lowest BCUT2D eigenvalue weighted by molar-refractivity contribution is 0.232. The van der Waals surface area contributed by atoms with Crippen LogP contribution in [-0.2, 0) is 12.8 Å². The molecule has 148 valence electrons. The second-order valence-corrected chi connectivity index (χ2v) is 7.10. The monoisotopic (exact) mass is 389 g/mol. The van der Waals surface area contributed by atoms with Crippen LogP contribution in [0.15, 0.2) is 48.5 Å². The van der Waals surface area contributed by atoms with E-state index < -0.39 is 0 Å². The van der Waals surface area contributed by atoms with Crippen LogP contribution in [0.1, 0.15) is 37.3 Å². The summed E-state index contributed by atoms with van der Waals surface area (Å²) in [7, 11) is 2.22. The summed E-state index contributed by atoms with van der Waals surface area (Å²) >= 11 is 0. The summed E-state index contributed by atoms with van der Waals surface area (Å²) in [5.41, 5.74) is 2.62. The minimum Gasteiger partial charge on any atom is -0.494 e. The van der Waals surface area contributed by atoms with Crippen LogP contribution in [0.25, 0.3) is 0 Å². The highest BCUT2D eigenvalue weighted by Crippen LogP contribution is 2.23. The highest BCUT2D eigenvalue weighted by Gasteiger charge is 2.20. The third-order valence-corrected chi connectivity index (χ3v) is 5.27. The number of likely N-dealkylation sites (tertiary alicyclic amines) is 1. The Labute approximate surface area is 170 Å². The van der Waals surface area contributed by atoms with Gasteiger partial charge < -0.3 is 14.4 Å². The second-order valence-electron chi connectivity index (χ2n) is 7.10. The molecule has 1 saturated heterocycles. The van der Waals surface area contributed by atoms with Gasteiger partial charge in [-0.2, -0.15) is 0 Å². The van der Waals surface area contributed by atoms with Crippen LogP contribution in [-0.4, -0.2) is 37.7 Å². The maximum absolute atomic E-state index is 6.14. The van der Waals surface area contributed by atoms with Gasteiger partial charge in [-0.1, -0.05) is 30.3 Å². The molecule has 1 atom stereocenters. The molecule has 0 spiro atoms. The van der Waals surface area contributed by atoms with E-state index in [0.29, 0.717) is 12.6 Å². The molecule has 1 fully saturated rings. The van der Waals surface area contributed by atoms with Crippen molar-refractivity contribution < 1.29 is 9.47 Å². The molecular formula is C23H32ClNO2. The van der Waals surface area contributed by atoms with Gasteiger partial charge in [-0.05, 0) is 81.9 Å². The largest absolute Gasteiger partial charge is 0.494 e. The summed E-state index contributed by atoms with van der Waals surface area (Å²) in [5, 5.41) is 0. The SMILES string of the molecule is CCOc1ccc(CCc2ccccc2OCCC2CCCN2C)cc1.Cl. The smallest absolute Gasteiger partial charge is 0.122 e. The number of aryl methyl sites for hydroxylation is 2. The average Bonchev–Trinajstić information content (AvgIpc) is 3.07. The molecule has 0 aliphatic carbocycles. The van der Waals surface area contributed by atoms with Crippen molar-refractivity contribution in [3.05, 3.63) is 59.7 Å². The minimum atomic E-state index is 0. The first-order valence-electron chi connectivity index (χ1n) is 9.89. The van der Waals surface area contributed by atoms with E-state index in [4.69, 9.17) is 9.47 Å². The van der Waals surface area contributed by atoms with Crippen molar-refractivity contribution >= 4 is 12.4 Å². The zero-order chi connectivity index (χ0) is 18.2. The van der Waals surface area contributed by atoms with Gasteiger partial charge in [-0.25, -0.2) is 0 Å². The maximum atomic E-state index is 6.14. The fraction of sp³-hybridized carbons (Fsp3) is 0.478. The second kappa shape index (κ2) is 11.2. The normalized spacial score (nSPS) is 16.7. The Bertz CT molecular complexity index is 674. The van der Waals surface area contributed by atoms with Gasteiger partial charge in [-0.3, -0.25) is 0 Å². The zero-order valence-electron chi connectivity index (χ0n) is 16.5. The molecule has 2 aromatic carbocycles. The van der Waals surface area contributed by atoms with Gasteiger partial charge >= 0.3 is 0 Å². The van der Waals surface area contributed by atoms with Crippen LogP contribution in [0, 0.1) is 0 Å². The summed E-state index contributed by atoms with van der Waals surface area (Å²) in [4.78, 5) is 2.46. The average molecular weight is 390 g/mol. The number of hydrogen-bond acceptors (Lipinski definition) is 3. The molecule has 1 aliphatic heterocycles. The highest BCUT2D eigenvalue weighted by atomic mass is 35.5. The number of benzene rings is 2. The van der Waals surface area contributed by atoms with E-state index in [2.05, 4.69) is 60.5 Å². The van der Waals surface area contributed by atoms with E-state index >= 15 is 0 Å². The molecule has 0 aromatic heterocycles. The first-order chi connectivity index (χ1) is 12.8. The molecule has 4 heteroatoms. The van der Waals surface area contributed by atoms with Gasteiger partial charge in [0.25, 0.3) is 0 Å². The van der Waals surface area contributed by atoms with Crippen LogP contribution in [0.3, 0.4) is 0 Å². The lowest BCUT2D eigenvalue weighted by Crippen LogP contribution is -2.26. The predicted octanol–water partition coefficient (Wildman–Crippen LogP) is 5.16. The lowest BCUT2D eigenvalue weighted by Gasteiger charge is -2.20. The lowest BCUT2D eigenvalue weighted by atomic mass is 10.0. The third-order valence-electron chi connectivity index (χ3n) is 5.27. The molecule has 1 heterocycles. The molecule has 0 N–H and O–H groups in total. The number of ether oxygens (including phenoxy) is 2. The minimum absolute atomic E-state index is 0. The van der Waals surface area contributed by atoms with Gasteiger partial charge in [0.05, 0.1) is 13.2 Å². The van der Waals surface area contributed by atoms with Crippen LogP contribution in [0.5, 0.6) is 11.5 Å². The summed E-state index contributed by atoms with van der Waals surface area (Å²) in [5.74, 6) is 1.98. The molecule has 0 saturated carbocycles. The number of rotatable bonds is 9. The van der Waals surface area contributed by atoms with E-state index in [1.807, 2.05) is 6.92 Å². The third kappa shape index (κ3) is 6.44. The van der Waals surface area contributed by atoms with E-state index in [1.54, 1.807) is 0 Å². The molecule has 1 unspecified atom stereocenters. The van der Waals surface area contributed by atoms with Crippen LogP contribution >= 0.6 is 12.4 Å². The molecule has 27 heavy (non-hydrogen) atoms. The molecule has 2 aromatic rings. The quantitative estimate of drug-likeness (QED) is 0.591. The molecule has 3 nitrogen and oxygen atoms in total. The Morgan fingerprint density at radius 2 is 1.78 bits per heavy atom. The summed E-state index contributed by atoms with van der Waals surface area (Å²) in [6.07, 6.45) is 5.74. The number of halogens is 1. The van der Waals surface area contributed by atoms with E-state index in [0.717, 1.165) is 37.4 Å². The zero-order valence-corrected chi connectivity index (χ0v) is 17.3. The van der Waals surface area contributed by atoms with Crippen molar-refractivity contribution in [3.8, 4) is 11.5 Å². The number of para-hydroxylation sites is 1. The summed E-state index contributed by atoms with van der Waals surface area (Å²) in [6, 6.07) is 17.6. The van der Waals surface area contributed by atoms with Crippen molar-refractivity contribution in [1.82, 2.24) is 4.90 Å². The van der Waals surface area contributed by atoms with Crippen LogP contribution < -0.4 is 9.47 Å². The fourth-order valence-electron chi connectivity index (χ4n) is 3.70. The van der Waals surface area contributed by atoms with Gasteiger partial charge in [0.1, 0.15) is 11.5 Å². The van der Waals surface area contributed by atoms with Gasteiger partial charge in [0, 0.05) is 6.04 Å². The van der Waals surface area contributed by atoms with E-state index in [-0.39, 0.29) is 12.4 Å². The van der Waals surface area contributed by atoms with E-state index in [9.17, 15) is 0 Å². The Morgan fingerprint density at radius 1 is 1.00 bits per heavy atom. The van der Waals surface area contributed by atoms with E-state index in [1.165, 1.54) is 30.5 Å². The predicted molar refractivity (Wildman–Crippen MR) is 114 cm³/mol. The molecule has 0 amide bonds. The topological polar surface area (TPSA) is 21.7 Å². The van der Waals surface area contributed by atoms with Gasteiger partial charge in [0.2, 0.25) is 0 Å². The van der Waals surface area contributed by atoms with Crippen molar-refractivity contribution in [2.75, 3.05) is 26.8 Å². The van der Waals surface area contributed by atoms with Crippen LogP contribution in [0.4, 0.5) is 0 Å². The number of hydrogen-bond donors (Lipinski definition) is 0. The Kier molecular flexibility index (Phi) is 8.96. The molecule has 3 rings (SSSR count). The Morgan fingerprint density at radius 3 is 2.48 bits per heavy atom. The van der Waals surface area contributed by atoms with Crippen molar-refractivity contribution in [2.45, 2.75) is 45.1 Å². The molecule has 0 bridgehead atoms. The first-order valence-corrected chi connectivity index (χ1v) is 9.89. The molecule has 0 radical (unpaired) electrons. The summed E-state index contributed by atoms with van der Waals surface area (Å²) in [6.45, 7) is 4.74. The van der Waals surface area contributed by atoms with Gasteiger partial charge in [0.15, 0.2) is 0 Å². The first kappa shape index (κ1) is 21.6. The Hall–Kier alpha value is -1.71. The fourth-order valence-corrected chi connectivity index (χ4v) is 3.70. The van der Waals surface area contributed by atoms with Crippen molar-refractivity contribution in [3.63, 3.8) is 0 Å². The highest BCUT2D eigenvalue weighted by molar-refractivity contribution is 5.85. The standard InChI is InChI=1S/C23H31NO2.ClH/c1-3-25-22-14-11-19(12-15-22)10-13-20-7-4-5-9-23(20)26-18-16-21-8-6-17-24(21)2;/h4-5,7,9,11-12,14-15,21H,3,6,8,10,13,16-18H2,1-2H3;1H. The maximum Gasteiger partial charge on any atom is 0.122 e. The Balaban J connectivity index is 0.00000261.